The zero-order valence-corrected chi connectivity index (χ0v) is 12.7. The maximum atomic E-state index is 8.60. The Bertz CT molecular complexity index is 624. The van der Waals surface area contributed by atoms with Crippen LogP contribution in [0.4, 0.5) is 5.69 Å². The molecule has 20 heavy (non-hydrogen) atoms. The summed E-state index contributed by atoms with van der Waals surface area (Å²) in [5, 5.41) is 14.9. The van der Waals surface area contributed by atoms with Crippen LogP contribution in [-0.2, 0) is 6.54 Å². The number of nitrogens with one attached hydrogen (secondary N) is 1. The molecule has 0 heterocycles. The molecule has 0 radical (unpaired) electrons. The van der Waals surface area contributed by atoms with Gasteiger partial charge in [-0.1, -0.05) is 45.4 Å². The van der Waals surface area contributed by atoms with Crippen LogP contribution in [0.1, 0.15) is 16.7 Å². The van der Waals surface area contributed by atoms with Crippen molar-refractivity contribution in [1.82, 2.24) is 0 Å². The summed E-state index contributed by atoms with van der Waals surface area (Å²) in [5.41, 5.74) is 9.62. The van der Waals surface area contributed by atoms with Crippen LogP contribution in [-0.4, -0.2) is 11.0 Å². The number of oxime groups is 1. The molecule has 0 aliphatic heterocycles. The molecular formula is C15H16BrN3O. The molecule has 0 saturated carbocycles. The van der Waals surface area contributed by atoms with Crippen LogP contribution >= 0.6 is 15.9 Å². The smallest absolute Gasteiger partial charge is 0.170 e. The largest absolute Gasteiger partial charge is 0.409 e. The molecule has 2 aromatic carbocycles. The second-order valence-corrected chi connectivity index (χ2v) is 5.35. The Morgan fingerprint density at radius 3 is 2.55 bits per heavy atom. The van der Waals surface area contributed by atoms with Gasteiger partial charge in [-0.25, -0.2) is 0 Å². The van der Waals surface area contributed by atoms with Crippen LogP contribution in [0.25, 0.3) is 0 Å². The van der Waals surface area contributed by atoms with Gasteiger partial charge < -0.3 is 16.3 Å². The summed E-state index contributed by atoms with van der Waals surface area (Å²) < 4.78 is 1.10. The van der Waals surface area contributed by atoms with Gasteiger partial charge in [0.25, 0.3) is 0 Å². The summed E-state index contributed by atoms with van der Waals surface area (Å²) in [6.07, 6.45) is 0. The van der Waals surface area contributed by atoms with E-state index in [0.717, 1.165) is 22.3 Å². The minimum atomic E-state index is 0.119. The van der Waals surface area contributed by atoms with E-state index in [1.54, 1.807) is 0 Å². The molecule has 0 saturated heterocycles. The van der Waals surface area contributed by atoms with Gasteiger partial charge >= 0.3 is 0 Å². The molecule has 2 rings (SSSR count). The standard InChI is InChI=1S/C15H16BrN3O/c1-10-8-13(6-7-14(10)16)18-9-11-2-4-12(5-3-11)15(17)19-20/h2-8,18,20H,9H2,1H3,(H2,17,19). The summed E-state index contributed by atoms with van der Waals surface area (Å²) in [4.78, 5) is 0. The third-order valence-corrected chi connectivity index (χ3v) is 3.90. The van der Waals surface area contributed by atoms with Crippen LogP contribution in [0.3, 0.4) is 0 Å². The first-order chi connectivity index (χ1) is 9.60. The normalized spacial score (nSPS) is 11.4. The van der Waals surface area contributed by atoms with Crippen LogP contribution in [0.15, 0.2) is 52.1 Å². The predicted octanol–water partition coefficient (Wildman–Crippen LogP) is 3.46. The molecule has 0 aromatic heterocycles. The van der Waals surface area contributed by atoms with Gasteiger partial charge in [0.15, 0.2) is 5.84 Å². The predicted molar refractivity (Wildman–Crippen MR) is 85.2 cm³/mol. The van der Waals surface area contributed by atoms with E-state index in [9.17, 15) is 0 Å². The molecule has 0 fully saturated rings. The van der Waals surface area contributed by atoms with Crippen molar-refractivity contribution in [2.45, 2.75) is 13.5 Å². The number of nitrogens with two attached hydrogens (primary N) is 1. The Kier molecular flexibility index (Phi) is 4.63. The minimum Gasteiger partial charge on any atom is -0.409 e. The molecule has 4 nitrogen and oxygen atoms in total. The lowest BCUT2D eigenvalue weighted by atomic mass is 10.1. The molecule has 4 N–H and O–H groups in total. The van der Waals surface area contributed by atoms with Gasteiger partial charge in [-0.2, -0.15) is 0 Å². The lowest BCUT2D eigenvalue weighted by molar-refractivity contribution is 0.318. The van der Waals surface area contributed by atoms with E-state index >= 15 is 0 Å². The van der Waals surface area contributed by atoms with Crippen molar-refractivity contribution in [3.8, 4) is 0 Å². The third kappa shape index (κ3) is 3.51. The summed E-state index contributed by atoms with van der Waals surface area (Å²) in [7, 11) is 0. The summed E-state index contributed by atoms with van der Waals surface area (Å²) in [6, 6.07) is 13.7. The molecule has 5 heteroatoms. The number of halogens is 1. The van der Waals surface area contributed by atoms with Crippen molar-refractivity contribution in [3.63, 3.8) is 0 Å². The number of hydrogen-bond acceptors (Lipinski definition) is 3. The van der Waals surface area contributed by atoms with Gasteiger partial charge in [0.1, 0.15) is 0 Å². The summed E-state index contributed by atoms with van der Waals surface area (Å²) in [6.45, 7) is 2.78. The lowest BCUT2D eigenvalue weighted by Gasteiger charge is -2.09. The van der Waals surface area contributed by atoms with Crippen LogP contribution < -0.4 is 11.1 Å². The topological polar surface area (TPSA) is 70.6 Å². The first-order valence-corrected chi connectivity index (χ1v) is 6.96. The van der Waals surface area contributed by atoms with Gasteiger partial charge in [-0.15, -0.1) is 0 Å². The van der Waals surface area contributed by atoms with Gasteiger partial charge in [-0.05, 0) is 36.2 Å². The molecule has 0 unspecified atom stereocenters. The van der Waals surface area contributed by atoms with Crippen LogP contribution in [0.2, 0.25) is 0 Å². The minimum absolute atomic E-state index is 0.119. The lowest BCUT2D eigenvalue weighted by Crippen LogP contribution is -2.13. The summed E-state index contributed by atoms with van der Waals surface area (Å²) in [5.74, 6) is 0.119. The first-order valence-electron chi connectivity index (χ1n) is 6.17. The van der Waals surface area contributed by atoms with E-state index in [4.69, 9.17) is 10.9 Å². The average Bonchev–Trinajstić information content (AvgIpc) is 2.48. The van der Waals surface area contributed by atoms with Gasteiger partial charge in [-0.3, -0.25) is 0 Å². The Morgan fingerprint density at radius 1 is 1.25 bits per heavy atom. The van der Waals surface area contributed by atoms with Gasteiger partial charge in [0, 0.05) is 22.3 Å². The highest BCUT2D eigenvalue weighted by atomic mass is 79.9. The Labute approximate surface area is 126 Å². The molecule has 0 aliphatic carbocycles. The van der Waals surface area contributed by atoms with E-state index < -0.39 is 0 Å². The van der Waals surface area contributed by atoms with Crippen LogP contribution in [0, 0.1) is 6.92 Å². The molecule has 0 spiro atoms. The number of hydrogen-bond donors (Lipinski definition) is 3. The van der Waals surface area contributed by atoms with Crippen molar-refractivity contribution >= 4 is 27.5 Å². The van der Waals surface area contributed by atoms with E-state index in [-0.39, 0.29) is 5.84 Å². The molecule has 0 atom stereocenters. The number of amidine groups is 1. The third-order valence-electron chi connectivity index (χ3n) is 3.01. The quantitative estimate of drug-likeness (QED) is 0.347. The maximum Gasteiger partial charge on any atom is 0.170 e. The van der Waals surface area contributed by atoms with E-state index in [1.807, 2.05) is 36.4 Å². The monoisotopic (exact) mass is 333 g/mol. The Morgan fingerprint density at radius 2 is 1.95 bits per heavy atom. The second-order valence-electron chi connectivity index (χ2n) is 4.50. The fraction of sp³-hybridized carbons (Fsp3) is 0.133. The van der Waals surface area contributed by atoms with Gasteiger partial charge in [0.05, 0.1) is 0 Å². The van der Waals surface area contributed by atoms with Crippen molar-refractivity contribution < 1.29 is 5.21 Å². The van der Waals surface area contributed by atoms with Crippen molar-refractivity contribution in [3.05, 3.63) is 63.6 Å². The maximum absolute atomic E-state index is 8.60. The average molecular weight is 334 g/mol. The highest BCUT2D eigenvalue weighted by Gasteiger charge is 2.00. The number of nitrogens with zero attached hydrogens (tertiary/aromatic N) is 1. The van der Waals surface area contributed by atoms with E-state index in [0.29, 0.717) is 5.56 Å². The number of benzene rings is 2. The Hall–Kier alpha value is -2.01. The molecule has 0 amide bonds. The van der Waals surface area contributed by atoms with E-state index in [1.165, 1.54) is 5.56 Å². The zero-order chi connectivity index (χ0) is 14.5. The highest BCUT2D eigenvalue weighted by molar-refractivity contribution is 9.10. The van der Waals surface area contributed by atoms with Crippen molar-refractivity contribution in [2.75, 3.05) is 5.32 Å². The SMILES string of the molecule is Cc1cc(NCc2ccc(C(N)=NO)cc2)ccc1Br. The first kappa shape index (κ1) is 14.4. The fourth-order valence-electron chi connectivity index (χ4n) is 1.81. The van der Waals surface area contributed by atoms with Crippen LogP contribution in [0.5, 0.6) is 0 Å². The fourth-order valence-corrected chi connectivity index (χ4v) is 2.06. The summed E-state index contributed by atoms with van der Waals surface area (Å²) >= 11 is 3.48. The zero-order valence-electron chi connectivity index (χ0n) is 11.1. The molecule has 0 aliphatic rings. The van der Waals surface area contributed by atoms with Crippen molar-refractivity contribution in [1.29, 1.82) is 0 Å². The number of aryl methyl sites for hydroxylation is 1. The number of anilines is 1. The molecule has 0 bridgehead atoms. The highest BCUT2D eigenvalue weighted by Crippen LogP contribution is 2.20. The van der Waals surface area contributed by atoms with Gasteiger partial charge in [0.2, 0.25) is 0 Å². The molecular weight excluding hydrogens is 318 g/mol. The number of rotatable bonds is 4. The molecule has 2 aromatic rings. The Balaban J connectivity index is 2.02. The second kappa shape index (κ2) is 6.43. The molecule has 104 valence electrons. The van der Waals surface area contributed by atoms with E-state index in [2.05, 4.69) is 39.4 Å². The van der Waals surface area contributed by atoms with Crippen molar-refractivity contribution in [2.24, 2.45) is 10.9 Å².